The first-order chi connectivity index (χ1) is 7.13. The average Bonchev–Trinajstić information content (AvgIpc) is 2.23. The first-order valence-electron chi connectivity index (χ1n) is 4.39. The highest BCUT2D eigenvalue weighted by molar-refractivity contribution is 9.10. The van der Waals surface area contributed by atoms with E-state index in [2.05, 4.69) is 26.0 Å². The topological polar surface area (TPSA) is 38.3 Å². The Morgan fingerprint density at radius 2 is 2.33 bits per heavy atom. The number of carbonyl (C=O) groups is 1. The number of anilines is 1. The number of halogens is 2. The zero-order valence-electron chi connectivity index (χ0n) is 8.22. The molecule has 0 spiro atoms. The van der Waals surface area contributed by atoms with Gasteiger partial charge in [0.1, 0.15) is 0 Å². The number of nitrogens with one attached hydrogen (secondary N) is 1. The van der Waals surface area contributed by atoms with Gasteiger partial charge in [-0.15, -0.1) is 0 Å². The number of esters is 1. The van der Waals surface area contributed by atoms with E-state index in [1.165, 1.54) is 7.11 Å². The Labute approximate surface area is 102 Å². The van der Waals surface area contributed by atoms with Gasteiger partial charge in [-0.05, 0) is 18.2 Å². The highest BCUT2D eigenvalue weighted by atomic mass is 79.9. The molecule has 1 aromatic rings. The maximum Gasteiger partial charge on any atom is 0.307 e. The number of benzene rings is 1. The molecule has 5 heteroatoms. The van der Waals surface area contributed by atoms with E-state index in [0.717, 1.165) is 10.2 Å². The Morgan fingerprint density at radius 3 is 3.00 bits per heavy atom. The lowest BCUT2D eigenvalue weighted by molar-refractivity contribution is -0.140. The van der Waals surface area contributed by atoms with Gasteiger partial charge in [0.25, 0.3) is 0 Å². The maximum absolute atomic E-state index is 10.8. The molecule has 1 rings (SSSR count). The van der Waals surface area contributed by atoms with Crippen LogP contribution in [-0.2, 0) is 9.53 Å². The molecule has 0 radical (unpaired) electrons. The third-order valence-corrected chi connectivity index (χ3v) is 2.62. The van der Waals surface area contributed by atoms with Gasteiger partial charge in [-0.1, -0.05) is 27.5 Å². The number of methoxy groups -OCH3 is 1. The lowest BCUT2D eigenvalue weighted by Crippen LogP contribution is -2.09. The zero-order chi connectivity index (χ0) is 11.3. The van der Waals surface area contributed by atoms with Crippen molar-refractivity contribution in [1.82, 2.24) is 0 Å². The van der Waals surface area contributed by atoms with Crippen molar-refractivity contribution in [3.8, 4) is 0 Å². The quantitative estimate of drug-likeness (QED) is 0.867. The fraction of sp³-hybridized carbons (Fsp3) is 0.300. The minimum atomic E-state index is -0.242. The van der Waals surface area contributed by atoms with Gasteiger partial charge in [0, 0.05) is 11.0 Å². The molecule has 0 aliphatic rings. The fourth-order valence-corrected chi connectivity index (χ4v) is 1.58. The van der Waals surface area contributed by atoms with Gasteiger partial charge in [0.2, 0.25) is 0 Å². The molecular weight excluding hydrogens is 281 g/mol. The molecule has 0 fully saturated rings. The van der Waals surface area contributed by atoms with Crippen LogP contribution in [0.3, 0.4) is 0 Å². The minimum Gasteiger partial charge on any atom is -0.469 e. The molecule has 0 saturated carbocycles. The first-order valence-corrected chi connectivity index (χ1v) is 5.56. The van der Waals surface area contributed by atoms with Crippen LogP contribution >= 0.6 is 27.5 Å². The molecule has 1 N–H and O–H groups in total. The third-order valence-electron chi connectivity index (χ3n) is 1.80. The van der Waals surface area contributed by atoms with E-state index in [9.17, 15) is 4.79 Å². The Hall–Kier alpha value is -0.740. The molecule has 0 aliphatic carbocycles. The molecular formula is C10H11BrClNO2. The Bertz CT molecular complexity index is 357. The molecule has 0 unspecified atom stereocenters. The summed E-state index contributed by atoms with van der Waals surface area (Å²) in [6.45, 7) is 0.503. The number of hydrogen-bond donors (Lipinski definition) is 1. The van der Waals surface area contributed by atoms with Gasteiger partial charge in [0.05, 0.1) is 24.2 Å². The van der Waals surface area contributed by atoms with Crippen molar-refractivity contribution in [2.75, 3.05) is 19.0 Å². The molecule has 0 heterocycles. The highest BCUT2D eigenvalue weighted by Crippen LogP contribution is 2.25. The molecule has 0 aromatic heterocycles. The van der Waals surface area contributed by atoms with Crippen LogP contribution in [0.4, 0.5) is 5.69 Å². The SMILES string of the molecule is COC(=O)CCNc1cc(Br)ccc1Cl. The molecule has 0 amide bonds. The van der Waals surface area contributed by atoms with E-state index in [-0.39, 0.29) is 5.97 Å². The molecule has 1 aromatic carbocycles. The Balaban J connectivity index is 2.50. The molecule has 0 bridgehead atoms. The van der Waals surface area contributed by atoms with E-state index in [1.807, 2.05) is 12.1 Å². The Kier molecular flexibility index (Phi) is 4.91. The summed E-state index contributed by atoms with van der Waals surface area (Å²) in [6, 6.07) is 5.50. The number of hydrogen-bond acceptors (Lipinski definition) is 3. The number of ether oxygens (including phenoxy) is 1. The summed E-state index contributed by atoms with van der Waals surface area (Å²) in [5.74, 6) is -0.242. The van der Waals surface area contributed by atoms with Crippen LogP contribution in [0.2, 0.25) is 5.02 Å². The van der Waals surface area contributed by atoms with E-state index in [1.54, 1.807) is 6.07 Å². The zero-order valence-corrected chi connectivity index (χ0v) is 10.6. The second kappa shape index (κ2) is 5.98. The van der Waals surface area contributed by atoms with Crippen molar-refractivity contribution in [1.29, 1.82) is 0 Å². The summed E-state index contributed by atoms with van der Waals surface area (Å²) in [6.07, 6.45) is 0.319. The smallest absolute Gasteiger partial charge is 0.307 e. The van der Waals surface area contributed by atoms with Crippen molar-refractivity contribution in [2.24, 2.45) is 0 Å². The highest BCUT2D eigenvalue weighted by Gasteiger charge is 2.02. The van der Waals surface area contributed by atoms with Crippen LogP contribution in [0, 0.1) is 0 Å². The van der Waals surface area contributed by atoms with E-state index in [0.29, 0.717) is 18.0 Å². The van der Waals surface area contributed by atoms with Crippen molar-refractivity contribution in [2.45, 2.75) is 6.42 Å². The summed E-state index contributed by atoms with van der Waals surface area (Å²) in [4.78, 5) is 10.8. The largest absolute Gasteiger partial charge is 0.469 e. The molecule has 0 aliphatic heterocycles. The summed E-state index contributed by atoms with van der Waals surface area (Å²) >= 11 is 9.29. The van der Waals surface area contributed by atoms with Gasteiger partial charge in [0.15, 0.2) is 0 Å². The monoisotopic (exact) mass is 291 g/mol. The predicted molar refractivity (Wildman–Crippen MR) is 64.3 cm³/mol. The minimum absolute atomic E-state index is 0.242. The van der Waals surface area contributed by atoms with E-state index in [4.69, 9.17) is 11.6 Å². The fourth-order valence-electron chi connectivity index (χ4n) is 1.03. The molecule has 3 nitrogen and oxygen atoms in total. The lowest BCUT2D eigenvalue weighted by atomic mass is 10.3. The van der Waals surface area contributed by atoms with Crippen LogP contribution in [0.25, 0.3) is 0 Å². The van der Waals surface area contributed by atoms with Crippen molar-refractivity contribution >= 4 is 39.2 Å². The van der Waals surface area contributed by atoms with E-state index >= 15 is 0 Å². The number of rotatable bonds is 4. The van der Waals surface area contributed by atoms with Gasteiger partial charge in [-0.3, -0.25) is 4.79 Å². The number of carbonyl (C=O) groups excluding carboxylic acids is 1. The van der Waals surface area contributed by atoms with Crippen LogP contribution in [0.15, 0.2) is 22.7 Å². The molecule has 0 saturated heterocycles. The van der Waals surface area contributed by atoms with Crippen molar-refractivity contribution in [3.05, 3.63) is 27.7 Å². The third kappa shape index (κ3) is 4.10. The Morgan fingerprint density at radius 1 is 1.60 bits per heavy atom. The van der Waals surface area contributed by atoms with Crippen LogP contribution < -0.4 is 5.32 Å². The van der Waals surface area contributed by atoms with Crippen molar-refractivity contribution < 1.29 is 9.53 Å². The summed E-state index contributed by atoms with van der Waals surface area (Å²) in [5.41, 5.74) is 0.801. The van der Waals surface area contributed by atoms with Gasteiger partial charge in [-0.25, -0.2) is 0 Å². The second-order valence-electron chi connectivity index (χ2n) is 2.88. The molecule has 15 heavy (non-hydrogen) atoms. The van der Waals surface area contributed by atoms with Crippen LogP contribution in [-0.4, -0.2) is 19.6 Å². The van der Waals surface area contributed by atoms with E-state index < -0.39 is 0 Å². The van der Waals surface area contributed by atoms with Crippen molar-refractivity contribution in [3.63, 3.8) is 0 Å². The summed E-state index contributed by atoms with van der Waals surface area (Å²) in [7, 11) is 1.37. The normalized spacial score (nSPS) is 9.80. The van der Waals surface area contributed by atoms with Gasteiger partial charge in [-0.2, -0.15) is 0 Å². The predicted octanol–water partition coefficient (Wildman–Crippen LogP) is 3.08. The molecule has 82 valence electrons. The van der Waals surface area contributed by atoms with Gasteiger partial charge >= 0.3 is 5.97 Å². The standard InChI is InChI=1S/C10H11BrClNO2/c1-15-10(14)4-5-13-9-6-7(11)2-3-8(9)12/h2-3,6,13H,4-5H2,1H3. The maximum atomic E-state index is 10.8. The van der Waals surface area contributed by atoms with Crippen LogP contribution in [0.1, 0.15) is 6.42 Å². The van der Waals surface area contributed by atoms with Crippen LogP contribution in [0.5, 0.6) is 0 Å². The van der Waals surface area contributed by atoms with Gasteiger partial charge < -0.3 is 10.1 Å². The molecule has 0 atom stereocenters. The first kappa shape index (κ1) is 12.3. The second-order valence-corrected chi connectivity index (χ2v) is 4.20. The lowest BCUT2D eigenvalue weighted by Gasteiger charge is -2.07. The summed E-state index contributed by atoms with van der Waals surface area (Å²) in [5, 5.41) is 3.68. The summed E-state index contributed by atoms with van der Waals surface area (Å²) < 4.78 is 5.46. The average molecular weight is 293 g/mol.